The first-order valence-corrected chi connectivity index (χ1v) is 7.73. The van der Waals surface area contributed by atoms with Gasteiger partial charge in [-0.2, -0.15) is 0 Å². The largest absolute Gasteiger partial charge is 0.483 e. The third-order valence-corrected chi connectivity index (χ3v) is 3.59. The first-order chi connectivity index (χ1) is 10.5. The Kier molecular flexibility index (Phi) is 5.55. The van der Waals surface area contributed by atoms with Crippen LogP contribution in [0.25, 0.3) is 0 Å². The minimum absolute atomic E-state index is 0.149. The molecule has 0 aliphatic carbocycles. The summed E-state index contributed by atoms with van der Waals surface area (Å²) in [6, 6.07) is 11.7. The summed E-state index contributed by atoms with van der Waals surface area (Å²) >= 11 is 3.42. The maximum atomic E-state index is 13.5. The van der Waals surface area contributed by atoms with Gasteiger partial charge in [0.1, 0.15) is 11.6 Å². The highest BCUT2D eigenvalue weighted by atomic mass is 79.9. The summed E-state index contributed by atoms with van der Waals surface area (Å²) in [6.45, 7) is 3.93. The number of anilines is 1. The highest BCUT2D eigenvalue weighted by Gasteiger charge is 2.11. The Hall–Kier alpha value is -1.88. The molecule has 1 amide bonds. The molecule has 0 unspecified atom stereocenters. The second-order valence-electron chi connectivity index (χ2n) is 5.15. The van der Waals surface area contributed by atoms with Gasteiger partial charge in [-0.25, -0.2) is 4.39 Å². The van der Waals surface area contributed by atoms with E-state index in [1.165, 1.54) is 12.1 Å². The molecule has 0 bridgehead atoms. The van der Waals surface area contributed by atoms with E-state index in [4.69, 9.17) is 4.74 Å². The summed E-state index contributed by atoms with van der Waals surface area (Å²) in [7, 11) is 0. The van der Waals surface area contributed by atoms with Crippen molar-refractivity contribution in [1.29, 1.82) is 0 Å². The predicted octanol–water partition coefficient (Wildman–Crippen LogP) is 4.73. The van der Waals surface area contributed by atoms with Crippen molar-refractivity contribution < 1.29 is 13.9 Å². The minimum atomic E-state index is -0.470. The quantitative estimate of drug-likeness (QED) is 0.831. The van der Waals surface area contributed by atoms with Crippen LogP contribution in [-0.4, -0.2) is 12.5 Å². The zero-order chi connectivity index (χ0) is 16.1. The SMILES string of the molecule is CC(C)c1cc(Br)ccc1OCC(=O)Nc1ccccc1F. The van der Waals surface area contributed by atoms with Gasteiger partial charge in [-0.05, 0) is 41.8 Å². The molecule has 0 aliphatic heterocycles. The number of carbonyl (C=O) groups excluding carboxylic acids is 1. The molecule has 0 heterocycles. The Morgan fingerprint density at radius 3 is 2.68 bits per heavy atom. The van der Waals surface area contributed by atoms with Crippen LogP contribution >= 0.6 is 15.9 Å². The average Bonchev–Trinajstić information content (AvgIpc) is 2.48. The zero-order valence-corrected chi connectivity index (χ0v) is 14.0. The van der Waals surface area contributed by atoms with Gasteiger partial charge in [-0.3, -0.25) is 4.79 Å². The van der Waals surface area contributed by atoms with Gasteiger partial charge in [0.15, 0.2) is 6.61 Å². The number of nitrogens with one attached hydrogen (secondary N) is 1. The molecule has 1 N–H and O–H groups in total. The minimum Gasteiger partial charge on any atom is -0.483 e. The van der Waals surface area contributed by atoms with Gasteiger partial charge in [0.2, 0.25) is 0 Å². The van der Waals surface area contributed by atoms with Crippen LogP contribution in [-0.2, 0) is 4.79 Å². The van der Waals surface area contributed by atoms with Crippen LogP contribution in [0.2, 0.25) is 0 Å². The Bertz CT molecular complexity index is 673. The number of hydrogen-bond donors (Lipinski definition) is 1. The zero-order valence-electron chi connectivity index (χ0n) is 12.4. The van der Waals surface area contributed by atoms with E-state index < -0.39 is 11.7 Å². The number of para-hydroxylation sites is 1. The van der Waals surface area contributed by atoms with Crippen molar-refractivity contribution >= 4 is 27.5 Å². The highest BCUT2D eigenvalue weighted by Crippen LogP contribution is 2.29. The van der Waals surface area contributed by atoms with Crippen molar-refractivity contribution in [3.05, 3.63) is 58.3 Å². The lowest BCUT2D eigenvalue weighted by Crippen LogP contribution is -2.21. The monoisotopic (exact) mass is 365 g/mol. The van der Waals surface area contributed by atoms with Crippen LogP contribution in [0.15, 0.2) is 46.9 Å². The fourth-order valence-corrected chi connectivity index (χ4v) is 2.37. The molecule has 0 radical (unpaired) electrons. The molecule has 0 aliphatic rings. The van der Waals surface area contributed by atoms with Gasteiger partial charge in [0.05, 0.1) is 5.69 Å². The van der Waals surface area contributed by atoms with Crippen LogP contribution in [0, 0.1) is 5.82 Å². The maximum absolute atomic E-state index is 13.5. The predicted molar refractivity (Wildman–Crippen MR) is 88.8 cm³/mol. The number of halogens is 2. The van der Waals surface area contributed by atoms with Crippen LogP contribution in [0.5, 0.6) is 5.75 Å². The number of benzene rings is 2. The molecular formula is C17H17BrFNO2. The van der Waals surface area contributed by atoms with E-state index in [0.717, 1.165) is 10.0 Å². The molecule has 0 fully saturated rings. The standard InChI is InChI=1S/C17H17BrFNO2/c1-11(2)13-9-12(18)7-8-16(13)22-10-17(21)20-15-6-4-3-5-14(15)19/h3-9,11H,10H2,1-2H3,(H,20,21). The molecule has 0 saturated carbocycles. The molecule has 0 spiro atoms. The van der Waals surface area contributed by atoms with Crippen molar-refractivity contribution in [3.8, 4) is 5.75 Å². The van der Waals surface area contributed by atoms with E-state index in [9.17, 15) is 9.18 Å². The number of ether oxygens (including phenoxy) is 1. The molecular weight excluding hydrogens is 349 g/mol. The Morgan fingerprint density at radius 1 is 1.27 bits per heavy atom. The molecule has 2 aromatic carbocycles. The topological polar surface area (TPSA) is 38.3 Å². The van der Waals surface area contributed by atoms with Gasteiger partial charge in [-0.1, -0.05) is 41.9 Å². The van der Waals surface area contributed by atoms with E-state index in [2.05, 4.69) is 21.2 Å². The third kappa shape index (κ3) is 4.31. The maximum Gasteiger partial charge on any atom is 0.262 e. The summed E-state index contributed by atoms with van der Waals surface area (Å²) in [5, 5.41) is 2.49. The van der Waals surface area contributed by atoms with E-state index in [-0.39, 0.29) is 18.2 Å². The lowest BCUT2D eigenvalue weighted by atomic mass is 10.0. The highest BCUT2D eigenvalue weighted by molar-refractivity contribution is 9.10. The van der Waals surface area contributed by atoms with Gasteiger partial charge in [0, 0.05) is 4.47 Å². The summed E-state index contributed by atoms with van der Waals surface area (Å²) < 4.78 is 20.0. The van der Waals surface area contributed by atoms with Crippen LogP contribution in [0.1, 0.15) is 25.3 Å². The Labute approximate surface area is 137 Å². The van der Waals surface area contributed by atoms with Gasteiger partial charge in [-0.15, -0.1) is 0 Å². The summed E-state index contributed by atoms with van der Waals surface area (Å²) in [4.78, 5) is 11.9. The van der Waals surface area contributed by atoms with Gasteiger partial charge >= 0.3 is 0 Å². The fraction of sp³-hybridized carbons (Fsp3) is 0.235. The van der Waals surface area contributed by atoms with Crippen molar-refractivity contribution in [1.82, 2.24) is 0 Å². The molecule has 0 saturated heterocycles. The van der Waals surface area contributed by atoms with Gasteiger partial charge in [0.25, 0.3) is 5.91 Å². The Balaban J connectivity index is 2.01. The number of hydrogen-bond acceptors (Lipinski definition) is 2. The molecule has 22 heavy (non-hydrogen) atoms. The molecule has 5 heteroatoms. The number of carbonyl (C=O) groups is 1. The molecule has 0 atom stereocenters. The first-order valence-electron chi connectivity index (χ1n) is 6.94. The molecule has 116 valence electrons. The van der Waals surface area contributed by atoms with E-state index in [1.54, 1.807) is 12.1 Å². The molecule has 2 aromatic rings. The molecule has 2 rings (SSSR count). The average molecular weight is 366 g/mol. The summed E-state index contributed by atoms with van der Waals surface area (Å²) in [5.41, 5.74) is 1.16. The van der Waals surface area contributed by atoms with Crippen LogP contribution < -0.4 is 10.1 Å². The fourth-order valence-electron chi connectivity index (χ4n) is 1.99. The van der Waals surface area contributed by atoms with Crippen molar-refractivity contribution in [2.75, 3.05) is 11.9 Å². The van der Waals surface area contributed by atoms with Crippen molar-refractivity contribution in [2.45, 2.75) is 19.8 Å². The second-order valence-corrected chi connectivity index (χ2v) is 6.07. The normalized spacial score (nSPS) is 10.6. The second kappa shape index (κ2) is 7.40. The van der Waals surface area contributed by atoms with Crippen LogP contribution in [0.3, 0.4) is 0 Å². The van der Waals surface area contributed by atoms with Crippen molar-refractivity contribution in [3.63, 3.8) is 0 Å². The van der Waals surface area contributed by atoms with Crippen molar-refractivity contribution in [2.24, 2.45) is 0 Å². The molecule has 0 aromatic heterocycles. The Morgan fingerprint density at radius 2 is 2.00 bits per heavy atom. The van der Waals surface area contributed by atoms with Gasteiger partial charge < -0.3 is 10.1 Å². The summed E-state index contributed by atoms with van der Waals surface area (Å²) in [6.07, 6.45) is 0. The van der Waals surface area contributed by atoms with Crippen LogP contribution in [0.4, 0.5) is 10.1 Å². The lowest BCUT2D eigenvalue weighted by molar-refractivity contribution is -0.118. The van der Waals surface area contributed by atoms with E-state index in [0.29, 0.717) is 5.75 Å². The molecule has 3 nitrogen and oxygen atoms in total. The first kappa shape index (κ1) is 16.5. The van der Waals surface area contributed by atoms with E-state index >= 15 is 0 Å². The van der Waals surface area contributed by atoms with E-state index in [1.807, 2.05) is 32.0 Å². The smallest absolute Gasteiger partial charge is 0.262 e. The third-order valence-electron chi connectivity index (χ3n) is 3.10. The summed E-state index contributed by atoms with van der Waals surface area (Å²) in [5.74, 6) is 0.0501. The lowest BCUT2D eigenvalue weighted by Gasteiger charge is -2.14. The number of amides is 1. The number of rotatable bonds is 5.